The molecule has 0 saturated heterocycles. The van der Waals surface area contributed by atoms with Crippen LogP contribution in [0, 0.1) is 16.7 Å². The number of quaternary nitrogens is 1. The van der Waals surface area contributed by atoms with Gasteiger partial charge in [0.15, 0.2) is 18.2 Å². The molecule has 4 rings (SSSR count). The summed E-state index contributed by atoms with van der Waals surface area (Å²) in [6.07, 6.45) is 7.34. The molecule has 0 bridgehead atoms. The predicted octanol–water partition coefficient (Wildman–Crippen LogP) is 2.59. The van der Waals surface area contributed by atoms with E-state index >= 15 is 0 Å². The normalized spacial score (nSPS) is 33.8. The average Bonchev–Trinajstić information content (AvgIpc) is 3.08. The number of hydrogen-bond donors (Lipinski definition) is 4. The van der Waals surface area contributed by atoms with Crippen LogP contribution in [0.25, 0.3) is 0 Å². The van der Waals surface area contributed by atoms with Gasteiger partial charge in [-0.3, -0.25) is 4.90 Å². The highest BCUT2D eigenvalue weighted by atomic mass is 16.3. The Hall–Kier alpha value is -1.96. The lowest BCUT2D eigenvalue weighted by molar-refractivity contribution is -0.805. The fourth-order valence-electron chi connectivity index (χ4n) is 6.32. The summed E-state index contributed by atoms with van der Waals surface area (Å²) in [6.45, 7) is 12.8. The van der Waals surface area contributed by atoms with E-state index in [1.54, 1.807) is 0 Å². The van der Waals surface area contributed by atoms with Crippen molar-refractivity contribution in [1.29, 1.82) is 0 Å². The smallest absolute Gasteiger partial charge is 0.256 e. The molecule has 0 amide bonds. The summed E-state index contributed by atoms with van der Waals surface area (Å²) < 4.78 is 0. The fourth-order valence-corrected chi connectivity index (χ4v) is 6.32. The molecule has 0 spiro atoms. The molecule has 3 aliphatic rings. The van der Waals surface area contributed by atoms with E-state index in [4.69, 9.17) is 5.73 Å². The molecule has 5 atom stereocenters. The fraction of sp³-hybridized carbons (Fsp3) is 0.692. The maximum atomic E-state index is 11.1. The van der Waals surface area contributed by atoms with Crippen LogP contribution in [0.5, 0.6) is 0 Å². The maximum Gasteiger partial charge on any atom is 0.256 e. The van der Waals surface area contributed by atoms with Gasteiger partial charge >= 0.3 is 0 Å². The highest BCUT2D eigenvalue weighted by Gasteiger charge is 2.50. The van der Waals surface area contributed by atoms with Crippen LogP contribution in [0.3, 0.4) is 0 Å². The number of nitrogens with zero attached hydrogens (tertiary/aromatic N) is 3. The van der Waals surface area contributed by atoms with Crippen molar-refractivity contribution in [3.63, 3.8) is 0 Å². The minimum Gasteiger partial charge on any atom is -0.392 e. The minimum absolute atomic E-state index is 0.0532. The number of aliphatic hydroxyl groups excluding tert-OH is 2. The Morgan fingerprint density at radius 1 is 1.30 bits per heavy atom. The Balaban J connectivity index is 1.50. The SMILES string of the molecule is C/C(=C\CN1C[NH+](C)c2ncnc(N)c21)CC[C@@]1(C)C2=C(CC[C@@H]1C)C(C)(C)[C@H](O)C[C@H]2O. The molecule has 0 saturated carbocycles. The first kappa shape index (κ1) is 24.2. The van der Waals surface area contributed by atoms with Crippen molar-refractivity contribution >= 4 is 17.3 Å². The summed E-state index contributed by atoms with van der Waals surface area (Å²) in [5.41, 5.74) is 10.7. The van der Waals surface area contributed by atoms with Crippen LogP contribution in [0.15, 0.2) is 29.1 Å². The zero-order valence-electron chi connectivity index (χ0n) is 21.1. The summed E-state index contributed by atoms with van der Waals surface area (Å²) in [4.78, 5) is 12.1. The molecular formula is C26H42N5O2+. The molecule has 0 aromatic carbocycles. The predicted molar refractivity (Wildman–Crippen MR) is 132 cm³/mol. The molecule has 0 radical (unpaired) electrons. The lowest BCUT2D eigenvalue weighted by Crippen LogP contribution is -3.03. The number of nitrogens with one attached hydrogen (secondary N) is 1. The Kier molecular flexibility index (Phi) is 6.35. The molecule has 1 aliphatic heterocycles. The van der Waals surface area contributed by atoms with Crippen LogP contribution in [-0.4, -0.2) is 52.7 Å². The molecule has 7 heteroatoms. The van der Waals surface area contributed by atoms with Gasteiger partial charge in [0.2, 0.25) is 0 Å². The van der Waals surface area contributed by atoms with Gasteiger partial charge in [-0.2, -0.15) is 4.98 Å². The van der Waals surface area contributed by atoms with Gasteiger partial charge in [-0.15, -0.1) is 0 Å². The number of anilines is 2. The lowest BCUT2D eigenvalue weighted by atomic mass is 9.54. The van der Waals surface area contributed by atoms with Crippen molar-refractivity contribution in [1.82, 2.24) is 9.97 Å². The van der Waals surface area contributed by atoms with E-state index in [-0.39, 0.29) is 10.8 Å². The van der Waals surface area contributed by atoms with Gasteiger partial charge in [0.25, 0.3) is 5.82 Å². The summed E-state index contributed by atoms with van der Waals surface area (Å²) in [6, 6.07) is 0. The maximum absolute atomic E-state index is 11.1. The number of fused-ring (bicyclic) bond motifs is 1. The molecular weight excluding hydrogens is 414 g/mol. The topological polar surface area (TPSA) is 99.9 Å². The van der Waals surface area contributed by atoms with Crippen molar-refractivity contribution in [2.75, 3.05) is 30.9 Å². The third-order valence-electron chi connectivity index (χ3n) is 8.94. The van der Waals surface area contributed by atoms with Crippen molar-refractivity contribution in [3.05, 3.63) is 29.1 Å². The molecule has 1 aromatic rings. The molecule has 1 aromatic heterocycles. The molecule has 1 unspecified atom stereocenters. The number of allylic oxidation sites excluding steroid dienone is 1. The van der Waals surface area contributed by atoms with Crippen LogP contribution in [0.1, 0.15) is 66.7 Å². The molecule has 2 aliphatic carbocycles. The van der Waals surface area contributed by atoms with Crippen LogP contribution >= 0.6 is 0 Å². The van der Waals surface area contributed by atoms with E-state index in [1.165, 1.54) is 27.9 Å². The quantitative estimate of drug-likeness (QED) is 0.508. The van der Waals surface area contributed by atoms with Crippen LogP contribution in [0.4, 0.5) is 17.3 Å². The standard InChI is InChI=1S/C26H41N5O2/c1-16(10-12-31-15-30(6)24-22(31)23(27)28-14-29-24)9-11-26(5)17(2)7-8-18-21(26)19(32)13-20(33)25(18,3)4/h10,14,17,19-20,32-33H,7-9,11-13,15H2,1-6H3,(H2,27,28,29)/p+1/b16-10+/t17-,19+,20+,26+/m0/s1. The second kappa shape index (κ2) is 8.67. The Morgan fingerprint density at radius 2 is 2.03 bits per heavy atom. The first-order valence-corrected chi connectivity index (χ1v) is 12.4. The highest BCUT2D eigenvalue weighted by Crippen LogP contribution is 2.57. The first-order valence-electron chi connectivity index (χ1n) is 12.4. The van der Waals surface area contributed by atoms with E-state index in [0.29, 0.717) is 18.2 Å². The molecule has 0 fully saturated rings. The number of aromatic nitrogens is 2. The largest absolute Gasteiger partial charge is 0.392 e. The molecule has 182 valence electrons. The van der Waals surface area contributed by atoms with Gasteiger partial charge in [0.05, 0.1) is 19.3 Å². The van der Waals surface area contributed by atoms with Crippen molar-refractivity contribution < 1.29 is 15.1 Å². The van der Waals surface area contributed by atoms with E-state index < -0.39 is 12.2 Å². The van der Waals surface area contributed by atoms with Gasteiger partial charge in [-0.25, -0.2) is 4.98 Å². The monoisotopic (exact) mass is 456 g/mol. The van der Waals surface area contributed by atoms with Crippen LogP contribution in [-0.2, 0) is 0 Å². The minimum atomic E-state index is -0.539. The molecule has 33 heavy (non-hydrogen) atoms. The van der Waals surface area contributed by atoms with E-state index in [9.17, 15) is 10.2 Å². The highest BCUT2D eigenvalue weighted by molar-refractivity contribution is 5.73. The van der Waals surface area contributed by atoms with Crippen molar-refractivity contribution in [3.8, 4) is 0 Å². The first-order chi connectivity index (χ1) is 15.5. The Morgan fingerprint density at radius 3 is 2.76 bits per heavy atom. The third kappa shape index (κ3) is 4.08. The van der Waals surface area contributed by atoms with E-state index in [0.717, 1.165) is 50.4 Å². The second-order valence-electron chi connectivity index (χ2n) is 11.4. The van der Waals surface area contributed by atoms with E-state index in [1.807, 2.05) is 0 Å². The van der Waals surface area contributed by atoms with Gasteiger partial charge in [-0.1, -0.05) is 44.9 Å². The zero-order valence-corrected chi connectivity index (χ0v) is 21.1. The number of hydrogen-bond acceptors (Lipinski definition) is 6. The average molecular weight is 457 g/mol. The van der Waals surface area contributed by atoms with Crippen molar-refractivity contribution in [2.24, 2.45) is 16.7 Å². The number of nitrogen functional groups attached to an aromatic ring is 1. The van der Waals surface area contributed by atoms with Crippen LogP contribution < -0.4 is 15.5 Å². The summed E-state index contributed by atoms with van der Waals surface area (Å²) in [7, 11) is 2.10. The van der Waals surface area contributed by atoms with Crippen molar-refractivity contribution in [2.45, 2.75) is 78.9 Å². The summed E-state index contributed by atoms with van der Waals surface area (Å²) in [5.74, 6) is 2.01. The summed E-state index contributed by atoms with van der Waals surface area (Å²) in [5, 5.41) is 21.7. The molecule has 5 N–H and O–H groups in total. The molecule has 7 nitrogen and oxygen atoms in total. The zero-order chi connectivity index (χ0) is 24.1. The van der Waals surface area contributed by atoms with Gasteiger partial charge in [0.1, 0.15) is 6.33 Å². The van der Waals surface area contributed by atoms with Gasteiger partial charge in [0, 0.05) is 18.4 Å². The van der Waals surface area contributed by atoms with E-state index in [2.05, 4.69) is 62.6 Å². The molecule has 2 heterocycles. The third-order valence-corrected chi connectivity index (χ3v) is 8.94. The lowest BCUT2D eigenvalue weighted by Gasteiger charge is -2.53. The Bertz CT molecular complexity index is 971. The van der Waals surface area contributed by atoms with Gasteiger partial charge < -0.3 is 20.8 Å². The second-order valence-corrected chi connectivity index (χ2v) is 11.4. The number of nitrogens with two attached hydrogens (primary N) is 1. The summed E-state index contributed by atoms with van der Waals surface area (Å²) >= 11 is 0. The van der Waals surface area contributed by atoms with Gasteiger partial charge in [-0.05, 0) is 49.5 Å². The van der Waals surface area contributed by atoms with Crippen LogP contribution in [0.2, 0.25) is 0 Å². The number of rotatable bonds is 5. The Labute approximate surface area is 198 Å². The number of aliphatic hydroxyl groups is 2.